The number of hydrogen-bond acceptors (Lipinski definition) is 4. The molecule has 1 heterocycles. The monoisotopic (exact) mass is 279 g/mol. The Bertz CT molecular complexity index is 511. The van der Waals surface area contributed by atoms with Crippen LogP contribution in [0.4, 0.5) is 10.5 Å². The van der Waals surface area contributed by atoms with Crippen LogP contribution in [0.1, 0.15) is 37.8 Å². The second kappa shape index (κ2) is 5.71. The highest BCUT2D eigenvalue weighted by atomic mass is 16.6. The third-order valence-electron chi connectivity index (χ3n) is 3.35. The first kappa shape index (κ1) is 14.7. The van der Waals surface area contributed by atoms with E-state index in [4.69, 9.17) is 14.6 Å². The molecule has 0 unspecified atom stereocenters. The van der Waals surface area contributed by atoms with Gasteiger partial charge in [0.1, 0.15) is 11.4 Å². The number of cyclic esters (lactones) is 1. The summed E-state index contributed by atoms with van der Waals surface area (Å²) in [5.74, 6) is 0.756. The number of benzene rings is 1. The first-order valence-electron chi connectivity index (χ1n) is 6.83. The fourth-order valence-electron chi connectivity index (χ4n) is 2.30. The van der Waals surface area contributed by atoms with Crippen molar-refractivity contribution in [3.05, 3.63) is 23.3 Å². The highest BCUT2D eigenvalue weighted by Gasteiger charge is 2.34. The Balaban J connectivity index is 2.23. The maximum Gasteiger partial charge on any atom is 0.412 e. The number of aryl methyl sites for hydroxylation is 1. The topological polar surface area (TPSA) is 67.8 Å². The van der Waals surface area contributed by atoms with Crippen LogP contribution in [0.25, 0.3) is 0 Å². The third kappa shape index (κ3) is 3.04. The molecule has 0 spiro atoms. The van der Waals surface area contributed by atoms with E-state index in [2.05, 4.69) is 5.32 Å². The number of aliphatic hydroxyl groups is 1. The van der Waals surface area contributed by atoms with Gasteiger partial charge in [-0.05, 0) is 51.3 Å². The molecule has 20 heavy (non-hydrogen) atoms. The number of ether oxygens (including phenoxy) is 2. The number of nitrogens with one attached hydrogen (secondary N) is 1. The van der Waals surface area contributed by atoms with E-state index in [0.717, 1.165) is 35.4 Å². The minimum absolute atomic E-state index is 0.180. The molecule has 0 atom stereocenters. The van der Waals surface area contributed by atoms with Crippen molar-refractivity contribution in [2.24, 2.45) is 0 Å². The van der Waals surface area contributed by atoms with Gasteiger partial charge in [0.05, 0.1) is 12.3 Å². The Morgan fingerprint density at radius 3 is 2.80 bits per heavy atom. The van der Waals surface area contributed by atoms with Gasteiger partial charge >= 0.3 is 6.09 Å². The zero-order valence-corrected chi connectivity index (χ0v) is 12.2. The molecule has 0 radical (unpaired) electrons. The average molecular weight is 279 g/mol. The second-order valence-electron chi connectivity index (χ2n) is 5.47. The van der Waals surface area contributed by atoms with E-state index in [1.807, 2.05) is 32.9 Å². The highest BCUT2D eigenvalue weighted by molar-refractivity contribution is 5.90. The van der Waals surface area contributed by atoms with E-state index in [9.17, 15) is 4.79 Å². The summed E-state index contributed by atoms with van der Waals surface area (Å²) >= 11 is 0. The molecule has 0 fully saturated rings. The van der Waals surface area contributed by atoms with Gasteiger partial charge in [-0.1, -0.05) is 0 Å². The fraction of sp³-hybridized carbons (Fsp3) is 0.533. The molecule has 2 N–H and O–H groups in total. The quantitative estimate of drug-likeness (QED) is 0.813. The van der Waals surface area contributed by atoms with Gasteiger partial charge in [0.25, 0.3) is 0 Å². The van der Waals surface area contributed by atoms with Crippen molar-refractivity contribution in [3.63, 3.8) is 0 Å². The summed E-state index contributed by atoms with van der Waals surface area (Å²) in [6.45, 7) is 6.39. The molecular formula is C15H21NO4. The molecule has 1 aromatic carbocycles. The number of rotatable bonds is 5. The van der Waals surface area contributed by atoms with Crippen LogP contribution >= 0.6 is 0 Å². The molecule has 110 valence electrons. The number of amides is 1. The normalized spacial score (nSPS) is 16.1. The summed E-state index contributed by atoms with van der Waals surface area (Å²) in [5.41, 5.74) is 1.99. The molecular weight excluding hydrogens is 258 g/mol. The summed E-state index contributed by atoms with van der Waals surface area (Å²) in [7, 11) is 0. The largest absolute Gasteiger partial charge is 0.494 e. The lowest BCUT2D eigenvalue weighted by molar-refractivity contribution is 0.0417. The fourth-order valence-corrected chi connectivity index (χ4v) is 2.30. The van der Waals surface area contributed by atoms with Crippen molar-refractivity contribution in [1.82, 2.24) is 0 Å². The van der Waals surface area contributed by atoms with E-state index < -0.39 is 11.7 Å². The van der Waals surface area contributed by atoms with Crippen molar-refractivity contribution in [2.75, 3.05) is 18.5 Å². The van der Waals surface area contributed by atoms with Crippen molar-refractivity contribution >= 4 is 11.8 Å². The Labute approximate surface area is 118 Å². The predicted octanol–water partition coefficient (Wildman–Crippen LogP) is 2.94. The van der Waals surface area contributed by atoms with Crippen molar-refractivity contribution in [1.29, 1.82) is 0 Å². The van der Waals surface area contributed by atoms with E-state index >= 15 is 0 Å². The molecule has 0 saturated carbocycles. The van der Waals surface area contributed by atoms with Crippen LogP contribution in [-0.2, 0) is 10.3 Å². The minimum Gasteiger partial charge on any atom is -0.494 e. The van der Waals surface area contributed by atoms with Crippen LogP contribution in [0.5, 0.6) is 5.75 Å². The lowest BCUT2D eigenvalue weighted by Gasteiger charge is -2.33. The Morgan fingerprint density at radius 2 is 2.10 bits per heavy atom. The molecule has 1 aliphatic heterocycles. The summed E-state index contributed by atoms with van der Waals surface area (Å²) < 4.78 is 11.0. The van der Waals surface area contributed by atoms with E-state index in [1.165, 1.54) is 0 Å². The maximum atomic E-state index is 11.5. The van der Waals surface area contributed by atoms with Gasteiger partial charge in [0.2, 0.25) is 0 Å². The Kier molecular flexibility index (Phi) is 4.18. The van der Waals surface area contributed by atoms with Crippen molar-refractivity contribution in [2.45, 2.75) is 39.2 Å². The van der Waals surface area contributed by atoms with Crippen LogP contribution in [-0.4, -0.2) is 24.4 Å². The first-order chi connectivity index (χ1) is 9.44. The van der Waals surface area contributed by atoms with Gasteiger partial charge in [-0.3, -0.25) is 5.32 Å². The van der Waals surface area contributed by atoms with Crippen LogP contribution < -0.4 is 10.1 Å². The number of aliphatic hydroxyl groups excluding tert-OH is 1. The minimum atomic E-state index is -0.674. The molecule has 1 amide bonds. The van der Waals surface area contributed by atoms with Crippen LogP contribution in [0.2, 0.25) is 0 Å². The molecule has 1 aromatic rings. The number of fused-ring (bicyclic) bond motifs is 1. The standard InChI is InChI=1S/C15H21NO4/c1-10-8-11(19-7-5-4-6-17)9-12-13(10)16-14(18)20-15(12,2)3/h8-9,17H,4-7H2,1-3H3,(H,16,18). The summed E-state index contributed by atoms with van der Waals surface area (Å²) in [6, 6.07) is 3.81. The molecule has 0 saturated heterocycles. The highest BCUT2D eigenvalue weighted by Crippen LogP contribution is 2.39. The van der Waals surface area contributed by atoms with Crippen LogP contribution in [0, 0.1) is 6.92 Å². The van der Waals surface area contributed by atoms with Gasteiger partial charge in [-0.25, -0.2) is 4.79 Å². The van der Waals surface area contributed by atoms with Gasteiger partial charge < -0.3 is 14.6 Å². The third-order valence-corrected chi connectivity index (χ3v) is 3.35. The molecule has 0 bridgehead atoms. The summed E-state index contributed by atoms with van der Waals surface area (Å²) in [5, 5.41) is 11.5. The predicted molar refractivity (Wildman–Crippen MR) is 76.1 cm³/mol. The van der Waals surface area contributed by atoms with Gasteiger partial charge in [-0.2, -0.15) is 0 Å². The molecule has 1 aliphatic rings. The average Bonchev–Trinajstić information content (AvgIpc) is 2.35. The Morgan fingerprint density at radius 1 is 1.35 bits per heavy atom. The maximum absolute atomic E-state index is 11.5. The van der Waals surface area contributed by atoms with Gasteiger partial charge in [0.15, 0.2) is 0 Å². The lowest BCUT2D eigenvalue weighted by atomic mass is 9.92. The molecule has 5 heteroatoms. The summed E-state index contributed by atoms with van der Waals surface area (Å²) in [6.07, 6.45) is 1.11. The molecule has 5 nitrogen and oxygen atoms in total. The number of unbranched alkanes of at least 4 members (excludes halogenated alkanes) is 1. The van der Waals surface area contributed by atoms with Crippen molar-refractivity contribution in [3.8, 4) is 5.75 Å². The number of anilines is 1. The van der Waals surface area contributed by atoms with Crippen molar-refractivity contribution < 1.29 is 19.4 Å². The number of hydrogen-bond donors (Lipinski definition) is 2. The molecule has 0 aliphatic carbocycles. The first-order valence-corrected chi connectivity index (χ1v) is 6.83. The SMILES string of the molecule is Cc1cc(OCCCCO)cc2c1NC(=O)OC2(C)C. The second-order valence-corrected chi connectivity index (χ2v) is 5.47. The lowest BCUT2D eigenvalue weighted by Crippen LogP contribution is -2.35. The van der Waals surface area contributed by atoms with E-state index in [-0.39, 0.29) is 6.61 Å². The van der Waals surface area contributed by atoms with Crippen LogP contribution in [0.15, 0.2) is 12.1 Å². The smallest absolute Gasteiger partial charge is 0.412 e. The van der Waals surface area contributed by atoms with E-state index in [1.54, 1.807) is 0 Å². The number of carbonyl (C=O) groups is 1. The van der Waals surface area contributed by atoms with E-state index in [0.29, 0.717) is 6.61 Å². The zero-order valence-electron chi connectivity index (χ0n) is 12.2. The van der Waals surface area contributed by atoms with Gasteiger partial charge in [-0.15, -0.1) is 0 Å². The Hall–Kier alpha value is -1.75. The summed E-state index contributed by atoms with van der Waals surface area (Å²) in [4.78, 5) is 11.5. The molecule has 0 aromatic heterocycles. The van der Waals surface area contributed by atoms with Gasteiger partial charge in [0, 0.05) is 12.2 Å². The van der Waals surface area contributed by atoms with Crippen LogP contribution in [0.3, 0.4) is 0 Å². The molecule has 2 rings (SSSR count). The zero-order chi connectivity index (χ0) is 14.8. The number of carbonyl (C=O) groups excluding carboxylic acids is 1.